The van der Waals surface area contributed by atoms with Gasteiger partial charge in [-0.15, -0.1) is 0 Å². The smallest absolute Gasteiger partial charge is 0.416 e. The Morgan fingerprint density at radius 3 is 2.36 bits per heavy atom. The number of carbonyl (C=O) groups is 3. The summed E-state index contributed by atoms with van der Waals surface area (Å²) in [7, 11) is 0. The molecule has 13 heteroatoms. The average molecular weight is 627 g/mol. The first kappa shape index (κ1) is 31.7. The molecule has 2 aromatic carbocycles. The number of urea groups is 1. The van der Waals surface area contributed by atoms with Gasteiger partial charge in [0.25, 0.3) is 5.91 Å². The van der Waals surface area contributed by atoms with Crippen molar-refractivity contribution in [3.05, 3.63) is 80.5 Å². The third kappa shape index (κ3) is 6.53. The summed E-state index contributed by atoms with van der Waals surface area (Å²) in [5.41, 5.74) is 0.484. The molecule has 226 valence electrons. The van der Waals surface area contributed by atoms with Crippen LogP contribution >= 0.6 is 23.2 Å². The Bertz CT molecular complexity index is 1380. The Balaban J connectivity index is 1.61. The molecule has 0 aliphatic carbocycles. The summed E-state index contributed by atoms with van der Waals surface area (Å²) in [6.45, 7) is 7.02. The normalized spacial score (nSPS) is 20.0. The third-order valence-corrected chi connectivity index (χ3v) is 8.18. The molecule has 8 nitrogen and oxygen atoms in total. The minimum atomic E-state index is -4.49. The second-order valence-electron chi connectivity index (χ2n) is 10.0. The number of alkyl halides is 3. The summed E-state index contributed by atoms with van der Waals surface area (Å²) in [5.74, 6) is -0.971. The Morgan fingerprint density at radius 1 is 1.07 bits per heavy atom. The molecule has 0 saturated carbocycles. The van der Waals surface area contributed by atoms with Crippen LogP contribution in [-0.2, 0) is 15.7 Å². The van der Waals surface area contributed by atoms with E-state index in [2.05, 4.69) is 5.32 Å². The predicted molar refractivity (Wildman–Crippen MR) is 152 cm³/mol. The zero-order chi connectivity index (χ0) is 30.8. The highest BCUT2D eigenvalue weighted by Gasteiger charge is 2.40. The number of piperazine rings is 1. The summed E-state index contributed by atoms with van der Waals surface area (Å²) in [6.07, 6.45) is -4.49. The van der Waals surface area contributed by atoms with Crippen molar-refractivity contribution in [3.8, 4) is 0 Å². The van der Waals surface area contributed by atoms with Crippen LogP contribution in [0.15, 0.2) is 53.7 Å². The SMILES string of the molecule is CCOC(=O)C1=C(CN2CCN(C(=O)c3ccc(C(F)(F)F)cc3)[C@@H](C)C2)N(CC)C(=O)N[C@@H]1c1cccc(Cl)c1Cl. The zero-order valence-corrected chi connectivity index (χ0v) is 24.8. The van der Waals surface area contributed by atoms with E-state index in [1.165, 1.54) is 17.0 Å². The van der Waals surface area contributed by atoms with Crippen LogP contribution in [-0.4, -0.2) is 78.0 Å². The van der Waals surface area contributed by atoms with Gasteiger partial charge in [-0.25, -0.2) is 9.59 Å². The van der Waals surface area contributed by atoms with Crippen molar-refractivity contribution in [1.29, 1.82) is 0 Å². The van der Waals surface area contributed by atoms with E-state index in [1.54, 1.807) is 36.9 Å². The monoisotopic (exact) mass is 626 g/mol. The summed E-state index contributed by atoms with van der Waals surface area (Å²) in [4.78, 5) is 44.9. The number of likely N-dealkylation sites (N-methyl/N-ethyl adjacent to an activating group) is 1. The number of hydrogen-bond donors (Lipinski definition) is 1. The molecule has 0 aromatic heterocycles. The van der Waals surface area contributed by atoms with Gasteiger partial charge in [-0.1, -0.05) is 35.3 Å². The number of nitrogens with one attached hydrogen (secondary N) is 1. The lowest BCUT2D eigenvalue weighted by Gasteiger charge is -2.43. The Morgan fingerprint density at radius 2 is 1.76 bits per heavy atom. The predicted octanol–water partition coefficient (Wildman–Crippen LogP) is 5.76. The summed E-state index contributed by atoms with van der Waals surface area (Å²) in [6, 6.07) is 7.52. The fourth-order valence-electron chi connectivity index (χ4n) is 5.29. The van der Waals surface area contributed by atoms with Gasteiger partial charge in [-0.2, -0.15) is 13.2 Å². The van der Waals surface area contributed by atoms with Gasteiger partial charge in [0.1, 0.15) is 0 Å². The van der Waals surface area contributed by atoms with Crippen molar-refractivity contribution >= 4 is 41.1 Å². The van der Waals surface area contributed by atoms with Crippen molar-refractivity contribution in [2.45, 2.75) is 39.0 Å². The topological polar surface area (TPSA) is 82.2 Å². The number of ether oxygens (including phenoxy) is 1. The summed E-state index contributed by atoms with van der Waals surface area (Å²) >= 11 is 12.8. The summed E-state index contributed by atoms with van der Waals surface area (Å²) < 4.78 is 44.3. The van der Waals surface area contributed by atoms with Crippen LogP contribution in [0, 0.1) is 0 Å². The van der Waals surface area contributed by atoms with Crippen LogP contribution < -0.4 is 5.32 Å². The second-order valence-corrected chi connectivity index (χ2v) is 10.8. The highest BCUT2D eigenvalue weighted by molar-refractivity contribution is 6.42. The number of carbonyl (C=O) groups excluding carboxylic acids is 3. The van der Waals surface area contributed by atoms with Crippen molar-refractivity contribution in [2.24, 2.45) is 0 Å². The number of amides is 3. The van der Waals surface area contributed by atoms with Gasteiger partial charge in [0, 0.05) is 50.0 Å². The molecule has 2 heterocycles. The minimum Gasteiger partial charge on any atom is -0.463 e. The van der Waals surface area contributed by atoms with Crippen LogP contribution in [0.2, 0.25) is 10.0 Å². The number of esters is 1. The van der Waals surface area contributed by atoms with Gasteiger partial charge in [0.05, 0.1) is 33.8 Å². The molecule has 0 bridgehead atoms. The molecule has 0 radical (unpaired) electrons. The maximum Gasteiger partial charge on any atom is 0.416 e. The maximum atomic E-state index is 13.4. The number of benzene rings is 2. The van der Waals surface area contributed by atoms with Gasteiger partial charge in [0.2, 0.25) is 0 Å². The molecule has 0 spiro atoms. The first-order valence-electron chi connectivity index (χ1n) is 13.5. The Hall–Kier alpha value is -3.28. The van der Waals surface area contributed by atoms with E-state index < -0.39 is 29.8 Å². The molecular weight excluding hydrogens is 596 g/mol. The average Bonchev–Trinajstić information content (AvgIpc) is 2.94. The first-order chi connectivity index (χ1) is 19.9. The molecule has 2 aliphatic rings. The number of nitrogens with zero attached hydrogens (tertiary/aromatic N) is 3. The fourth-order valence-corrected chi connectivity index (χ4v) is 5.71. The van der Waals surface area contributed by atoms with Crippen LogP contribution in [0.5, 0.6) is 0 Å². The van der Waals surface area contributed by atoms with Crippen molar-refractivity contribution in [3.63, 3.8) is 0 Å². The molecule has 4 rings (SSSR count). The van der Waals surface area contributed by atoms with Crippen LogP contribution in [0.25, 0.3) is 0 Å². The van der Waals surface area contributed by atoms with Crippen molar-refractivity contribution < 1.29 is 32.3 Å². The van der Waals surface area contributed by atoms with E-state index >= 15 is 0 Å². The molecule has 2 aliphatic heterocycles. The van der Waals surface area contributed by atoms with E-state index in [1.807, 2.05) is 11.8 Å². The molecule has 3 amide bonds. The van der Waals surface area contributed by atoms with Gasteiger partial charge >= 0.3 is 18.2 Å². The van der Waals surface area contributed by atoms with Gasteiger partial charge in [-0.3, -0.25) is 14.6 Å². The largest absolute Gasteiger partial charge is 0.463 e. The molecule has 42 heavy (non-hydrogen) atoms. The second kappa shape index (κ2) is 12.9. The number of halogens is 5. The van der Waals surface area contributed by atoms with E-state index in [-0.39, 0.29) is 52.8 Å². The molecule has 1 fully saturated rings. The molecule has 2 aromatic rings. The Kier molecular flexibility index (Phi) is 9.74. The zero-order valence-electron chi connectivity index (χ0n) is 23.3. The van der Waals surface area contributed by atoms with Gasteiger partial charge in [-0.05, 0) is 56.7 Å². The lowest BCUT2D eigenvalue weighted by atomic mass is 9.93. The lowest BCUT2D eigenvalue weighted by molar-refractivity contribution is -0.139. The highest BCUT2D eigenvalue weighted by Crippen LogP contribution is 2.38. The lowest BCUT2D eigenvalue weighted by Crippen LogP contribution is -2.56. The molecule has 0 unspecified atom stereocenters. The Labute approximate surface area is 252 Å². The van der Waals surface area contributed by atoms with E-state index in [4.69, 9.17) is 27.9 Å². The standard InChI is InChI=1S/C29H31Cl2F3N4O4/c1-4-37-22(23(27(40)42-5-2)25(35-28(37)41)20-7-6-8-21(30)24(20)31)16-36-13-14-38(17(3)15-36)26(39)18-9-11-19(12-10-18)29(32,33)34/h6-12,17,25H,4-5,13-16H2,1-3H3,(H,35,41)/t17-,25+/m0/s1. The first-order valence-corrected chi connectivity index (χ1v) is 14.3. The van der Waals surface area contributed by atoms with Crippen molar-refractivity contribution in [1.82, 2.24) is 20.0 Å². The molecule has 1 N–H and O–H groups in total. The molecule has 1 saturated heterocycles. The van der Waals surface area contributed by atoms with E-state index in [0.717, 1.165) is 12.1 Å². The molecular formula is C29H31Cl2F3N4O4. The molecule has 2 atom stereocenters. The quantitative estimate of drug-likeness (QED) is 0.395. The number of hydrogen-bond acceptors (Lipinski definition) is 5. The van der Waals surface area contributed by atoms with Crippen molar-refractivity contribution in [2.75, 3.05) is 39.3 Å². The van der Waals surface area contributed by atoms with Crippen LogP contribution in [0.3, 0.4) is 0 Å². The number of rotatable bonds is 7. The van der Waals surface area contributed by atoms with Crippen LogP contribution in [0.1, 0.15) is 48.3 Å². The van der Waals surface area contributed by atoms with E-state index in [9.17, 15) is 27.6 Å². The summed E-state index contributed by atoms with van der Waals surface area (Å²) in [5, 5.41) is 3.34. The third-order valence-electron chi connectivity index (χ3n) is 7.35. The van der Waals surface area contributed by atoms with Gasteiger partial charge in [0.15, 0.2) is 0 Å². The minimum absolute atomic E-state index is 0.119. The van der Waals surface area contributed by atoms with Gasteiger partial charge < -0.3 is 15.0 Å². The highest BCUT2D eigenvalue weighted by atomic mass is 35.5. The van der Waals surface area contributed by atoms with E-state index in [0.29, 0.717) is 30.9 Å². The fraction of sp³-hybridized carbons (Fsp3) is 0.414. The van der Waals surface area contributed by atoms with Crippen LogP contribution in [0.4, 0.5) is 18.0 Å². The maximum absolute atomic E-state index is 13.4.